The van der Waals surface area contributed by atoms with Crippen molar-refractivity contribution >= 4 is 39.1 Å². The van der Waals surface area contributed by atoms with Gasteiger partial charge in [0.25, 0.3) is 5.69 Å². The van der Waals surface area contributed by atoms with Crippen molar-refractivity contribution < 1.29 is 10.0 Å². The molecule has 0 spiro atoms. The minimum Gasteiger partial charge on any atom is -0.507 e. The second-order valence-electron chi connectivity index (χ2n) is 4.64. The maximum atomic E-state index is 10.8. The van der Waals surface area contributed by atoms with Crippen molar-refractivity contribution in [2.45, 2.75) is 6.92 Å². The van der Waals surface area contributed by atoms with Crippen molar-refractivity contribution in [3.8, 4) is 5.75 Å². The standard InChI is InChI=1S/C15H11N3O3S/c1-9-17-13-4-2-11(7-15(13)22-9)16-8-10-6-12(18(20)21)3-5-14(10)19/h2-8,19H,1H3. The topological polar surface area (TPSA) is 88.6 Å². The molecule has 0 aliphatic heterocycles. The first-order chi connectivity index (χ1) is 10.5. The minimum absolute atomic E-state index is 0.0518. The Balaban J connectivity index is 1.95. The number of hydrogen-bond acceptors (Lipinski definition) is 6. The molecule has 0 bridgehead atoms. The van der Waals surface area contributed by atoms with Crippen LogP contribution in [0.5, 0.6) is 5.75 Å². The molecule has 6 nitrogen and oxygen atoms in total. The second kappa shape index (κ2) is 5.53. The molecule has 0 fully saturated rings. The van der Waals surface area contributed by atoms with Gasteiger partial charge < -0.3 is 5.11 Å². The Hall–Kier alpha value is -2.80. The number of aromatic hydroxyl groups is 1. The third-order valence-corrected chi connectivity index (χ3v) is 3.99. The first-order valence-electron chi connectivity index (χ1n) is 6.41. The summed E-state index contributed by atoms with van der Waals surface area (Å²) < 4.78 is 1.02. The van der Waals surface area contributed by atoms with Crippen molar-refractivity contribution in [1.82, 2.24) is 4.98 Å². The molecule has 1 aromatic heterocycles. The van der Waals surface area contributed by atoms with Crippen LogP contribution >= 0.6 is 11.3 Å². The van der Waals surface area contributed by atoms with E-state index < -0.39 is 4.92 Å². The Morgan fingerprint density at radius 1 is 1.32 bits per heavy atom. The molecule has 1 N–H and O–H groups in total. The molecule has 7 heteroatoms. The average molecular weight is 313 g/mol. The van der Waals surface area contributed by atoms with Gasteiger partial charge in [0.05, 0.1) is 25.8 Å². The highest BCUT2D eigenvalue weighted by Gasteiger charge is 2.08. The predicted molar refractivity (Wildman–Crippen MR) is 86.4 cm³/mol. The molecule has 0 aliphatic rings. The Morgan fingerprint density at radius 2 is 2.14 bits per heavy atom. The van der Waals surface area contributed by atoms with Crippen molar-refractivity contribution in [2.24, 2.45) is 4.99 Å². The van der Waals surface area contributed by atoms with Gasteiger partial charge in [-0.2, -0.15) is 0 Å². The maximum absolute atomic E-state index is 10.8. The molecule has 0 amide bonds. The minimum atomic E-state index is -0.511. The summed E-state index contributed by atoms with van der Waals surface area (Å²) in [6.45, 7) is 1.94. The van der Waals surface area contributed by atoms with E-state index in [0.717, 1.165) is 15.2 Å². The van der Waals surface area contributed by atoms with Gasteiger partial charge in [-0.25, -0.2) is 4.98 Å². The van der Waals surface area contributed by atoms with Crippen molar-refractivity contribution in [1.29, 1.82) is 0 Å². The van der Waals surface area contributed by atoms with Gasteiger partial charge in [0, 0.05) is 23.9 Å². The lowest BCUT2D eigenvalue weighted by Gasteiger charge is -1.99. The molecule has 0 saturated carbocycles. The smallest absolute Gasteiger partial charge is 0.270 e. The average Bonchev–Trinajstić information content (AvgIpc) is 2.85. The molecule has 3 rings (SSSR count). The molecule has 2 aromatic carbocycles. The van der Waals surface area contributed by atoms with E-state index in [1.807, 2.05) is 25.1 Å². The van der Waals surface area contributed by atoms with Crippen LogP contribution in [-0.2, 0) is 0 Å². The first kappa shape index (κ1) is 14.2. The summed E-state index contributed by atoms with van der Waals surface area (Å²) in [5.41, 5.74) is 1.82. The van der Waals surface area contributed by atoms with Crippen LogP contribution < -0.4 is 0 Å². The molecular formula is C15H11N3O3S. The Morgan fingerprint density at radius 3 is 2.91 bits per heavy atom. The molecule has 0 unspecified atom stereocenters. The lowest BCUT2D eigenvalue weighted by atomic mass is 10.2. The third kappa shape index (κ3) is 2.79. The first-order valence-corrected chi connectivity index (χ1v) is 7.23. The summed E-state index contributed by atoms with van der Waals surface area (Å²) >= 11 is 1.57. The Bertz CT molecular complexity index is 902. The molecule has 0 aliphatic carbocycles. The number of nitro benzene ring substituents is 1. The number of nitro groups is 1. The summed E-state index contributed by atoms with van der Waals surface area (Å²) in [7, 11) is 0. The molecule has 1 heterocycles. The lowest BCUT2D eigenvalue weighted by Crippen LogP contribution is -1.90. The van der Waals surface area contributed by atoms with E-state index in [2.05, 4.69) is 9.98 Å². The fourth-order valence-electron chi connectivity index (χ4n) is 2.01. The van der Waals surface area contributed by atoms with Gasteiger partial charge in [-0.05, 0) is 31.2 Å². The number of nitrogens with zero attached hydrogens (tertiary/aromatic N) is 3. The molecule has 0 saturated heterocycles. The maximum Gasteiger partial charge on any atom is 0.270 e. The van der Waals surface area contributed by atoms with E-state index in [1.54, 1.807) is 11.3 Å². The molecule has 0 radical (unpaired) electrons. The van der Waals surface area contributed by atoms with E-state index in [1.165, 1.54) is 24.4 Å². The van der Waals surface area contributed by atoms with Crippen LogP contribution in [-0.4, -0.2) is 21.2 Å². The van der Waals surface area contributed by atoms with Gasteiger partial charge in [-0.15, -0.1) is 11.3 Å². The quantitative estimate of drug-likeness (QED) is 0.450. The number of aromatic nitrogens is 1. The molecule has 0 atom stereocenters. The highest BCUT2D eigenvalue weighted by molar-refractivity contribution is 7.18. The number of fused-ring (bicyclic) bond motifs is 1. The van der Waals surface area contributed by atoms with Gasteiger partial charge in [0.2, 0.25) is 0 Å². The van der Waals surface area contributed by atoms with Crippen molar-refractivity contribution in [3.05, 3.63) is 57.1 Å². The van der Waals surface area contributed by atoms with Gasteiger partial charge in [0.1, 0.15) is 5.75 Å². The summed E-state index contributed by atoms with van der Waals surface area (Å²) in [6.07, 6.45) is 1.41. The van der Waals surface area contributed by atoms with Crippen LogP contribution in [0.1, 0.15) is 10.6 Å². The number of benzene rings is 2. The molecule has 110 valence electrons. The third-order valence-electron chi connectivity index (χ3n) is 3.05. The molecule has 3 aromatic rings. The van der Waals surface area contributed by atoms with E-state index in [4.69, 9.17) is 0 Å². The largest absolute Gasteiger partial charge is 0.507 e. The lowest BCUT2D eigenvalue weighted by molar-refractivity contribution is -0.384. The van der Waals surface area contributed by atoms with Gasteiger partial charge >= 0.3 is 0 Å². The summed E-state index contributed by atoms with van der Waals surface area (Å²) in [5.74, 6) is -0.0518. The number of phenols is 1. The number of phenolic OH excluding ortho intramolecular Hbond substituents is 1. The number of aliphatic imine (C=N–C) groups is 1. The van der Waals surface area contributed by atoms with Gasteiger partial charge in [-0.3, -0.25) is 15.1 Å². The predicted octanol–water partition coefficient (Wildman–Crippen LogP) is 3.97. The summed E-state index contributed by atoms with van der Waals surface area (Å²) in [6, 6.07) is 9.40. The SMILES string of the molecule is Cc1nc2ccc(N=Cc3cc([N+](=O)[O-])ccc3O)cc2s1. The zero-order chi connectivity index (χ0) is 15.7. The Labute approximate surface area is 129 Å². The number of thiazole rings is 1. The van der Waals surface area contributed by atoms with Crippen LogP contribution in [0.15, 0.2) is 41.4 Å². The van der Waals surface area contributed by atoms with Crippen molar-refractivity contribution in [2.75, 3.05) is 0 Å². The fraction of sp³-hybridized carbons (Fsp3) is 0.0667. The van der Waals surface area contributed by atoms with E-state index in [9.17, 15) is 15.2 Å². The number of hydrogen-bond donors (Lipinski definition) is 1. The van der Waals surface area contributed by atoms with E-state index in [-0.39, 0.29) is 11.4 Å². The van der Waals surface area contributed by atoms with Crippen LogP contribution in [0.25, 0.3) is 10.2 Å². The monoisotopic (exact) mass is 313 g/mol. The highest BCUT2D eigenvalue weighted by atomic mass is 32.1. The van der Waals surface area contributed by atoms with E-state index >= 15 is 0 Å². The normalized spacial score (nSPS) is 11.3. The number of aryl methyl sites for hydroxylation is 1. The fourth-order valence-corrected chi connectivity index (χ4v) is 2.87. The van der Waals surface area contributed by atoms with Crippen molar-refractivity contribution in [3.63, 3.8) is 0 Å². The Kier molecular flexibility index (Phi) is 3.56. The van der Waals surface area contributed by atoms with Crippen LogP contribution in [0.2, 0.25) is 0 Å². The highest BCUT2D eigenvalue weighted by Crippen LogP contribution is 2.27. The second-order valence-corrected chi connectivity index (χ2v) is 5.88. The molecular weight excluding hydrogens is 302 g/mol. The number of non-ortho nitro benzene ring substituents is 1. The van der Waals surface area contributed by atoms with E-state index in [0.29, 0.717) is 11.3 Å². The molecule has 22 heavy (non-hydrogen) atoms. The summed E-state index contributed by atoms with van der Waals surface area (Å²) in [5, 5.41) is 21.5. The van der Waals surface area contributed by atoms with Crippen LogP contribution in [0.4, 0.5) is 11.4 Å². The zero-order valence-electron chi connectivity index (χ0n) is 11.6. The van der Waals surface area contributed by atoms with Gasteiger partial charge in [0.15, 0.2) is 0 Å². The summed E-state index contributed by atoms with van der Waals surface area (Å²) in [4.78, 5) is 18.9. The van der Waals surface area contributed by atoms with Gasteiger partial charge in [-0.1, -0.05) is 0 Å². The van der Waals surface area contributed by atoms with Crippen LogP contribution in [0.3, 0.4) is 0 Å². The zero-order valence-corrected chi connectivity index (χ0v) is 12.4. The number of rotatable bonds is 3. The van der Waals surface area contributed by atoms with Crippen LogP contribution in [0, 0.1) is 17.0 Å².